The molecule has 3 heterocycles. The van der Waals surface area contributed by atoms with E-state index in [-0.39, 0.29) is 18.3 Å². The van der Waals surface area contributed by atoms with E-state index in [0.29, 0.717) is 31.6 Å². The number of benzene rings is 2. The molecule has 8 nitrogen and oxygen atoms in total. The molecule has 4 aromatic rings. The Morgan fingerprint density at radius 3 is 2.55 bits per heavy atom. The number of nitriles is 1. The fraction of sp³-hybridized carbons (Fsp3) is 0.261. The Morgan fingerprint density at radius 2 is 1.84 bits per heavy atom. The summed E-state index contributed by atoms with van der Waals surface area (Å²) in [5.74, 6) is 1.18. The first-order chi connectivity index (χ1) is 15.2. The van der Waals surface area contributed by atoms with Crippen molar-refractivity contribution in [2.45, 2.75) is 24.9 Å². The molecule has 154 valence electrons. The molecule has 0 bridgehead atoms. The molecular weight excluding hydrogens is 392 g/mol. The SMILES string of the molecule is N#CC1(c2cccc3ccccc23)CCN(c2ccc(-c3nc(CO)no3)nn2)CC1. The number of fused-ring (bicyclic) bond motifs is 1. The molecule has 0 spiro atoms. The van der Waals surface area contributed by atoms with Gasteiger partial charge < -0.3 is 14.5 Å². The summed E-state index contributed by atoms with van der Waals surface area (Å²) in [7, 11) is 0. The standard InChI is InChI=1S/C23H20N6O2/c24-15-23(18-7-3-5-16-4-1-2-6-17(16)18)10-12-29(13-11-23)21-9-8-19(26-27-21)22-25-20(14-30)28-31-22/h1-9,30H,10-14H2. The molecule has 1 aliphatic heterocycles. The number of nitrogens with zero attached hydrogens (tertiary/aromatic N) is 6. The van der Waals surface area contributed by atoms with Gasteiger partial charge in [-0.05, 0) is 41.3 Å². The van der Waals surface area contributed by atoms with Crippen molar-refractivity contribution < 1.29 is 9.63 Å². The summed E-state index contributed by atoms with van der Waals surface area (Å²) in [4.78, 5) is 6.19. The van der Waals surface area contributed by atoms with Crippen molar-refractivity contribution in [1.29, 1.82) is 5.26 Å². The molecule has 5 rings (SSSR count). The van der Waals surface area contributed by atoms with E-state index in [1.807, 2.05) is 24.3 Å². The topological polar surface area (TPSA) is 112 Å². The lowest BCUT2D eigenvalue weighted by molar-refractivity contribution is 0.264. The molecule has 1 aliphatic rings. The molecule has 1 fully saturated rings. The number of rotatable bonds is 4. The summed E-state index contributed by atoms with van der Waals surface area (Å²) in [6, 6.07) is 20.7. The molecule has 1 saturated heterocycles. The van der Waals surface area contributed by atoms with E-state index < -0.39 is 5.41 Å². The number of hydrogen-bond acceptors (Lipinski definition) is 8. The quantitative estimate of drug-likeness (QED) is 0.544. The molecule has 0 atom stereocenters. The van der Waals surface area contributed by atoms with Crippen molar-refractivity contribution in [2.75, 3.05) is 18.0 Å². The third-order valence-electron chi connectivity index (χ3n) is 5.94. The first-order valence-electron chi connectivity index (χ1n) is 10.1. The van der Waals surface area contributed by atoms with Crippen molar-refractivity contribution in [3.63, 3.8) is 0 Å². The van der Waals surface area contributed by atoms with Crippen LogP contribution in [0.2, 0.25) is 0 Å². The summed E-state index contributed by atoms with van der Waals surface area (Å²) < 4.78 is 5.08. The summed E-state index contributed by atoms with van der Waals surface area (Å²) in [6.45, 7) is 1.13. The van der Waals surface area contributed by atoms with E-state index in [9.17, 15) is 5.26 Å². The van der Waals surface area contributed by atoms with E-state index in [0.717, 1.165) is 22.2 Å². The van der Waals surface area contributed by atoms with Crippen LogP contribution in [0, 0.1) is 11.3 Å². The molecule has 2 aromatic carbocycles. The van der Waals surface area contributed by atoms with Gasteiger partial charge in [0.25, 0.3) is 5.89 Å². The first kappa shape index (κ1) is 19.2. The van der Waals surface area contributed by atoms with Gasteiger partial charge in [0.15, 0.2) is 17.3 Å². The lowest BCUT2D eigenvalue weighted by atomic mass is 9.72. The van der Waals surface area contributed by atoms with Crippen molar-refractivity contribution in [3.05, 3.63) is 66.0 Å². The predicted octanol–water partition coefficient (Wildman–Crippen LogP) is 3.23. The molecule has 1 N–H and O–H groups in total. The predicted molar refractivity (Wildman–Crippen MR) is 114 cm³/mol. The van der Waals surface area contributed by atoms with Gasteiger partial charge in [-0.3, -0.25) is 0 Å². The average molecular weight is 412 g/mol. The maximum atomic E-state index is 10.2. The summed E-state index contributed by atoms with van der Waals surface area (Å²) in [6.07, 6.45) is 1.43. The Morgan fingerprint density at radius 1 is 1.03 bits per heavy atom. The van der Waals surface area contributed by atoms with Gasteiger partial charge >= 0.3 is 0 Å². The van der Waals surface area contributed by atoms with Gasteiger partial charge in [-0.15, -0.1) is 10.2 Å². The fourth-order valence-electron chi connectivity index (χ4n) is 4.23. The van der Waals surface area contributed by atoms with E-state index in [4.69, 9.17) is 9.63 Å². The molecule has 8 heteroatoms. The molecule has 0 amide bonds. The minimum atomic E-state index is -0.519. The lowest BCUT2D eigenvalue weighted by Crippen LogP contribution is -2.42. The van der Waals surface area contributed by atoms with E-state index in [1.54, 1.807) is 6.07 Å². The van der Waals surface area contributed by atoms with Gasteiger partial charge in [0.2, 0.25) is 0 Å². The van der Waals surface area contributed by atoms with Crippen molar-refractivity contribution in [3.8, 4) is 17.7 Å². The van der Waals surface area contributed by atoms with Crippen LogP contribution in [0.15, 0.2) is 59.1 Å². The van der Waals surface area contributed by atoms with Gasteiger partial charge in [-0.1, -0.05) is 47.6 Å². The Hall–Kier alpha value is -3.83. The van der Waals surface area contributed by atoms with Crippen LogP contribution in [-0.4, -0.2) is 38.5 Å². The number of aliphatic hydroxyl groups excluding tert-OH is 1. The van der Waals surface area contributed by atoms with Crippen LogP contribution in [0.5, 0.6) is 0 Å². The van der Waals surface area contributed by atoms with Crippen LogP contribution in [0.25, 0.3) is 22.4 Å². The minimum absolute atomic E-state index is 0.207. The third-order valence-corrected chi connectivity index (χ3v) is 5.94. The monoisotopic (exact) mass is 412 g/mol. The number of anilines is 1. The maximum absolute atomic E-state index is 10.2. The smallest absolute Gasteiger partial charge is 0.278 e. The van der Waals surface area contributed by atoms with Crippen LogP contribution < -0.4 is 4.90 Å². The number of piperidine rings is 1. The van der Waals surface area contributed by atoms with Crippen molar-refractivity contribution in [2.24, 2.45) is 0 Å². The summed E-state index contributed by atoms with van der Waals surface area (Å²) in [5.41, 5.74) is 1.04. The Kier molecular flexibility index (Phi) is 4.81. The number of hydrogen-bond donors (Lipinski definition) is 1. The number of aromatic nitrogens is 4. The molecule has 31 heavy (non-hydrogen) atoms. The Labute approximate surface area is 178 Å². The average Bonchev–Trinajstić information content (AvgIpc) is 3.33. The second kappa shape index (κ2) is 7.78. The fourth-order valence-corrected chi connectivity index (χ4v) is 4.23. The molecule has 0 radical (unpaired) electrons. The highest BCUT2D eigenvalue weighted by Crippen LogP contribution is 2.39. The molecule has 0 unspecified atom stereocenters. The molecule has 0 aliphatic carbocycles. The highest BCUT2D eigenvalue weighted by Gasteiger charge is 2.38. The molecular formula is C23H20N6O2. The van der Waals surface area contributed by atoms with Crippen LogP contribution in [0.1, 0.15) is 24.2 Å². The van der Waals surface area contributed by atoms with E-state index in [1.165, 1.54) is 0 Å². The zero-order valence-corrected chi connectivity index (χ0v) is 16.8. The largest absolute Gasteiger partial charge is 0.388 e. The maximum Gasteiger partial charge on any atom is 0.278 e. The van der Waals surface area contributed by atoms with Gasteiger partial charge in [0.1, 0.15) is 6.61 Å². The number of aliphatic hydroxyl groups is 1. The van der Waals surface area contributed by atoms with Gasteiger partial charge in [-0.2, -0.15) is 10.2 Å². The highest BCUT2D eigenvalue weighted by molar-refractivity contribution is 5.87. The van der Waals surface area contributed by atoms with E-state index in [2.05, 4.69) is 55.6 Å². The zero-order valence-electron chi connectivity index (χ0n) is 16.8. The van der Waals surface area contributed by atoms with Crippen molar-refractivity contribution >= 4 is 16.6 Å². The lowest BCUT2D eigenvalue weighted by Gasteiger charge is -2.38. The minimum Gasteiger partial charge on any atom is -0.388 e. The van der Waals surface area contributed by atoms with Crippen molar-refractivity contribution in [1.82, 2.24) is 20.3 Å². The zero-order chi connectivity index (χ0) is 21.3. The van der Waals surface area contributed by atoms with E-state index >= 15 is 0 Å². The highest BCUT2D eigenvalue weighted by atomic mass is 16.5. The molecule has 2 aromatic heterocycles. The van der Waals surface area contributed by atoms with Crippen LogP contribution in [0.4, 0.5) is 5.82 Å². The third kappa shape index (κ3) is 3.39. The Bertz CT molecular complexity index is 1250. The van der Waals surface area contributed by atoms with Gasteiger partial charge in [0.05, 0.1) is 11.5 Å². The second-order valence-electron chi connectivity index (χ2n) is 7.66. The van der Waals surface area contributed by atoms with Crippen LogP contribution >= 0.6 is 0 Å². The van der Waals surface area contributed by atoms with Gasteiger partial charge in [-0.25, -0.2) is 0 Å². The Balaban J connectivity index is 1.36. The summed E-state index contributed by atoms with van der Waals surface area (Å²) >= 11 is 0. The summed E-state index contributed by atoms with van der Waals surface area (Å²) in [5, 5.41) is 33.7. The van der Waals surface area contributed by atoms with Crippen LogP contribution in [-0.2, 0) is 12.0 Å². The normalized spacial score (nSPS) is 15.7. The van der Waals surface area contributed by atoms with Gasteiger partial charge in [0, 0.05) is 13.1 Å². The second-order valence-corrected chi connectivity index (χ2v) is 7.66. The van der Waals surface area contributed by atoms with Crippen LogP contribution in [0.3, 0.4) is 0 Å². The molecule has 0 saturated carbocycles. The first-order valence-corrected chi connectivity index (χ1v) is 10.1.